The molecular weight excluding hydrogens is 656 g/mol. The molecule has 1 unspecified atom stereocenters. The molecule has 2 fully saturated rings. The van der Waals surface area contributed by atoms with E-state index in [-0.39, 0.29) is 72.9 Å². The topological polar surface area (TPSA) is 193 Å². The van der Waals surface area contributed by atoms with Crippen molar-refractivity contribution >= 4 is 35.0 Å². The number of nitrogens with one attached hydrogen (secondary N) is 2. The Morgan fingerprint density at radius 3 is 2.35 bits per heavy atom. The van der Waals surface area contributed by atoms with Gasteiger partial charge in [-0.1, -0.05) is 25.0 Å². The summed E-state index contributed by atoms with van der Waals surface area (Å²) in [6.45, 7) is 6.80. The average molecular weight is 695 g/mol. The zero-order chi connectivity index (χ0) is 36.0. The molecule has 4 aromatic rings. The molecule has 2 saturated heterocycles. The molecule has 1 aromatic heterocycles. The summed E-state index contributed by atoms with van der Waals surface area (Å²) in [7, 11) is 0. The van der Waals surface area contributed by atoms with Gasteiger partial charge in [-0.05, 0) is 60.4 Å². The molecule has 15 nitrogen and oxygen atoms in total. The third-order valence-electron chi connectivity index (χ3n) is 9.72. The molecule has 3 aliphatic rings. The second-order valence-electron chi connectivity index (χ2n) is 13.3. The normalized spacial score (nSPS) is 17.9. The fraction of sp³-hybridized carbons (Fsp3) is 0.333. The SMILES string of the molecule is CC(C)c1cc(-c2nnc(O)n2-c2ccc(N3CCN(CC(=O)Nc4cccc5c4CN(C4CCC(=O)NC4=O)C5=O)CC3)cc2)c(O)cc1O. The molecule has 3 aromatic carbocycles. The van der Waals surface area contributed by atoms with Crippen molar-refractivity contribution in [1.29, 1.82) is 0 Å². The Hall–Kier alpha value is -5.96. The zero-order valence-corrected chi connectivity index (χ0v) is 28.2. The first kappa shape index (κ1) is 33.5. The molecule has 1 atom stereocenters. The highest BCUT2D eigenvalue weighted by atomic mass is 16.3. The van der Waals surface area contributed by atoms with Crippen LogP contribution in [-0.2, 0) is 20.9 Å². The van der Waals surface area contributed by atoms with Crippen LogP contribution in [0.3, 0.4) is 0 Å². The van der Waals surface area contributed by atoms with E-state index >= 15 is 0 Å². The maximum atomic E-state index is 13.2. The van der Waals surface area contributed by atoms with Crippen LogP contribution in [0.2, 0.25) is 0 Å². The number of hydrogen-bond donors (Lipinski definition) is 5. The summed E-state index contributed by atoms with van der Waals surface area (Å²) >= 11 is 0. The van der Waals surface area contributed by atoms with Gasteiger partial charge in [0, 0.05) is 67.7 Å². The van der Waals surface area contributed by atoms with Gasteiger partial charge >= 0.3 is 6.01 Å². The Bertz CT molecular complexity index is 2040. The molecule has 15 heteroatoms. The summed E-state index contributed by atoms with van der Waals surface area (Å²) in [6.07, 6.45) is 0.432. The Morgan fingerprint density at radius 1 is 0.922 bits per heavy atom. The van der Waals surface area contributed by atoms with E-state index in [2.05, 4.69) is 30.6 Å². The lowest BCUT2D eigenvalue weighted by molar-refractivity contribution is -0.137. The van der Waals surface area contributed by atoms with Crippen molar-refractivity contribution in [3.63, 3.8) is 0 Å². The largest absolute Gasteiger partial charge is 0.508 e. The van der Waals surface area contributed by atoms with E-state index in [1.165, 1.54) is 15.5 Å². The molecule has 7 rings (SSSR count). The Kier molecular flexibility index (Phi) is 8.81. The summed E-state index contributed by atoms with van der Waals surface area (Å²) < 4.78 is 1.43. The van der Waals surface area contributed by atoms with Crippen LogP contribution in [0.1, 0.15) is 54.1 Å². The molecule has 264 valence electrons. The van der Waals surface area contributed by atoms with Gasteiger partial charge in [-0.2, -0.15) is 0 Å². The quantitative estimate of drug-likeness (QED) is 0.170. The Labute approximate surface area is 293 Å². The number of imide groups is 1. The van der Waals surface area contributed by atoms with Gasteiger partial charge in [-0.15, -0.1) is 5.10 Å². The van der Waals surface area contributed by atoms with Crippen molar-refractivity contribution in [2.24, 2.45) is 0 Å². The number of rotatable bonds is 8. The molecule has 0 saturated carbocycles. The minimum Gasteiger partial charge on any atom is -0.508 e. The predicted octanol–water partition coefficient (Wildman–Crippen LogP) is 2.70. The maximum Gasteiger partial charge on any atom is 0.319 e. The zero-order valence-electron chi connectivity index (χ0n) is 28.2. The van der Waals surface area contributed by atoms with Crippen LogP contribution in [0.4, 0.5) is 11.4 Å². The second-order valence-corrected chi connectivity index (χ2v) is 13.3. The molecule has 0 bridgehead atoms. The predicted molar refractivity (Wildman–Crippen MR) is 186 cm³/mol. The molecule has 51 heavy (non-hydrogen) atoms. The van der Waals surface area contributed by atoms with Crippen LogP contribution in [0.5, 0.6) is 17.5 Å². The lowest BCUT2D eigenvalue weighted by Crippen LogP contribution is -2.52. The van der Waals surface area contributed by atoms with Crippen LogP contribution >= 0.6 is 0 Å². The number of carbonyl (C=O) groups is 4. The van der Waals surface area contributed by atoms with E-state index < -0.39 is 11.9 Å². The molecule has 5 N–H and O–H groups in total. The summed E-state index contributed by atoms with van der Waals surface area (Å²) in [5.41, 5.74) is 4.11. The first-order valence-electron chi connectivity index (χ1n) is 16.8. The van der Waals surface area contributed by atoms with Crippen molar-refractivity contribution < 1.29 is 34.5 Å². The van der Waals surface area contributed by atoms with E-state index in [0.717, 1.165) is 5.69 Å². The van der Waals surface area contributed by atoms with Crippen molar-refractivity contribution in [3.8, 4) is 34.6 Å². The molecule has 4 heterocycles. The van der Waals surface area contributed by atoms with Crippen LogP contribution in [0.25, 0.3) is 17.1 Å². The van der Waals surface area contributed by atoms with Gasteiger partial charge in [-0.25, -0.2) is 4.57 Å². The average Bonchev–Trinajstić information content (AvgIpc) is 3.65. The number of anilines is 2. The van der Waals surface area contributed by atoms with Gasteiger partial charge in [0.15, 0.2) is 5.82 Å². The van der Waals surface area contributed by atoms with Gasteiger partial charge in [-0.3, -0.25) is 29.4 Å². The van der Waals surface area contributed by atoms with Crippen molar-refractivity contribution in [2.75, 3.05) is 42.9 Å². The summed E-state index contributed by atoms with van der Waals surface area (Å²) in [5.74, 6) is -1.33. The number of amides is 4. The summed E-state index contributed by atoms with van der Waals surface area (Å²) in [6, 6.07) is 14.5. The number of fused-ring (bicyclic) bond motifs is 1. The van der Waals surface area contributed by atoms with Crippen LogP contribution in [0, 0.1) is 0 Å². The standard InChI is InChI=1S/C36H38N8O7/c1-20(2)24-16-25(30(46)17-29(24)45)33-39-40-36(51)44(33)22-8-6-21(7-9-22)42-14-12-41(13-15-42)19-32(48)37-27-5-3-4-23-26(27)18-43(35(23)50)28-10-11-31(47)38-34(28)49/h3-9,16-17,20,28,45-46H,10-15,18-19H2,1-2H3,(H,37,48)(H,40,51)(H,38,47,49). The smallest absolute Gasteiger partial charge is 0.319 e. The third-order valence-corrected chi connectivity index (χ3v) is 9.72. The van der Waals surface area contributed by atoms with E-state index in [0.29, 0.717) is 59.8 Å². The third kappa shape index (κ3) is 6.43. The van der Waals surface area contributed by atoms with Crippen molar-refractivity contribution in [1.82, 2.24) is 29.9 Å². The fourth-order valence-electron chi connectivity index (χ4n) is 7.00. The van der Waals surface area contributed by atoms with Crippen LogP contribution in [0.15, 0.2) is 54.6 Å². The van der Waals surface area contributed by atoms with Gasteiger partial charge in [0.25, 0.3) is 5.91 Å². The lowest BCUT2D eigenvalue weighted by Gasteiger charge is -2.35. The monoisotopic (exact) mass is 694 g/mol. The molecular formula is C36H38N8O7. The van der Waals surface area contributed by atoms with Crippen molar-refractivity contribution in [2.45, 2.75) is 45.2 Å². The Balaban J connectivity index is 0.967. The number of hydrogen-bond acceptors (Lipinski definition) is 11. The highest BCUT2D eigenvalue weighted by Gasteiger charge is 2.40. The summed E-state index contributed by atoms with van der Waals surface area (Å²) in [4.78, 5) is 56.1. The first-order valence-corrected chi connectivity index (χ1v) is 16.8. The van der Waals surface area contributed by atoms with E-state index in [1.807, 2.05) is 38.1 Å². The van der Waals surface area contributed by atoms with E-state index in [1.54, 1.807) is 24.3 Å². The lowest BCUT2D eigenvalue weighted by atomic mass is 9.98. The number of nitrogens with zero attached hydrogens (tertiary/aromatic N) is 6. The molecule has 0 aliphatic carbocycles. The van der Waals surface area contributed by atoms with Crippen LogP contribution in [-0.4, -0.2) is 102 Å². The maximum absolute atomic E-state index is 13.2. The number of carbonyl (C=O) groups excluding carboxylic acids is 4. The van der Waals surface area contributed by atoms with Gasteiger partial charge in [0.2, 0.25) is 17.7 Å². The number of aromatic hydroxyl groups is 3. The van der Waals surface area contributed by atoms with E-state index in [4.69, 9.17) is 0 Å². The summed E-state index contributed by atoms with van der Waals surface area (Å²) in [5, 5.41) is 44.7. The second kappa shape index (κ2) is 13.4. The molecule has 3 aliphatic heterocycles. The van der Waals surface area contributed by atoms with Gasteiger partial charge < -0.3 is 30.4 Å². The van der Waals surface area contributed by atoms with Gasteiger partial charge in [0.1, 0.15) is 17.5 Å². The van der Waals surface area contributed by atoms with Crippen molar-refractivity contribution in [3.05, 3.63) is 71.3 Å². The first-order chi connectivity index (χ1) is 24.5. The fourth-order valence-corrected chi connectivity index (χ4v) is 7.00. The number of phenolic OH excluding ortho intramolecular Hbond substituents is 2. The van der Waals surface area contributed by atoms with E-state index in [9.17, 15) is 34.5 Å². The highest BCUT2D eigenvalue weighted by Crippen LogP contribution is 2.39. The number of piperazine rings is 1. The minimum absolute atomic E-state index is 0.0140. The number of phenols is 2. The molecule has 0 radical (unpaired) electrons. The van der Waals surface area contributed by atoms with Crippen LogP contribution < -0.4 is 15.5 Å². The molecule has 0 spiro atoms. The number of benzene rings is 3. The van der Waals surface area contributed by atoms with Gasteiger partial charge in [0.05, 0.1) is 17.8 Å². The number of piperidine rings is 1. The molecule has 4 amide bonds. The number of aromatic nitrogens is 3. The Morgan fingerprint density at radius 2 is 1.65 bits per heavy atom. The minimum atomic E-state index is -0.732. The highest BCUT2D eigenvalue weighted by molar-refractivity contribution is 6.07.